The number of rotatable bonds is 7. The summed E-state index contributed by atoms with van der Waals surface area (Å²) < 4.78 is 43.3. The van der Waals surface area contributed by atoms with Crippen molar-refractivity contribution in [3.05, 3.63) is 101 Å². The minimum Gasteiger partial charge on any atom is -0.322 e. The van der Waals surface area contributed by atoms with Crippen LogP contribution >= 0.6 is 0 Å². The molecule has 1 fully saturated rings. The Morgan fingerprint density at radius 2 is 1.83 bits per heavy atom. The molecular weight excluding hydrogens is 595 g/mol. The van der Waals surface area contributed by atoms with Gasteiger partial charge in [-0.15, -0.1) is 0 Å². The van der Waals surface area contributed by atoms with E-state index in [0.29, 0.717) is 59.2 Å². The van der Waals surface area contributed by atoms with Gasteiger partial charge in [0.2, 0.25) is 5.82 Å². The Morgan fingerprint density at radius 1 is 1.00 bits per heavy atom. The van der Waals surface area contributed by atoms with Gasteiger partial charge < -0.3 is 15.5 Å². The number of anilines is 2. The molecule has 4 aromatic rings. The van der Waals surface area contributed by atoms with Gasteiger partial charge in [0.05, 0.1) is 11.3 Å². The largest absolute Gasteiger partial charge is 0.416 e. The van der Waals surface area contributed by atoms with E-state index < -0.39 is 23.6 Å². The zero-order chi connectivity index (χ0) is 32.6. The van der Waals surface area contributed by atoms with E-state index in [4.69, 9.17) is 0 Å². The Morgan fingerprint density at radius 3 is 2.54 bits per heavy atom. The first-order valence-corrected chi connectivity index (χ1v) is 15.1. The number of benzene rings is 2. The van der Waals surface area contributed by atoms with Crippen molar-refractivity contribution in [3.8, 4) is 11.3 Å². The third-order valence-corrected chi connectivity index (χ3v) is 8.78. The number of likely N-dealkylation sites (N-methyl/N-ethyl adjacent to an activating group) is 1. The van der Waals surface area contributed by atoms with Crippen LogP contribution in [0.3, 0.4) is 0 Å². The number of aryl methyl sites for hydroxylation is 2. The summed E-state index contributed by atoms with van der Waals surface area (Å²) in [5.41, 5.74) is 2.70. The fraction of sp³-hybridized carbons (Fsp3) is 0.324. The van der Waals surface area contributed by atoms with Gasteiger partial charge in [0.1, 0.15) is 0 Å². The van der Waals surface area contributed by atoms with Crippen molar-refractivity contribution in [2.75, 3.05) is 37.8 Å². The third-order valence-electron chi connectivity index (χ3n) is 8.78. The molecule has 1 aliphatic heterocycles. The second-order valence-corrected chi connectivity index (χ2v) is 12.0. The monoisotopic (exact) mass is 629 g/mol. The predicted molar refractivity (Wildman–Crippen MR) is 169 cm³/mol. The van der Waals surface area contributed by atoms with Crippen LogP contribution in [0.1, 0.15) is 62.1 Å². The highest BCUT2D eigenvalue weighted by molar-refractivity contribution is 6.06. The van der Waals surface area contributed by atoms with Crippen molar-refractivity contribution in [2.24, 2.45) is 0 Å². The Kier molecular flexibility index (Phi) is 8.58. The van der Waals surface area contributed by atoms with Crippen molar-refractivity contribution >= 4 is 23.2 Å². The number of carbonyl (C=O) groups excluding carboxylic acids is 2. The van der Waals surface area contributed by atoms with Crippen LogP contribution in [0.5, 0.6) is 0 Å². The van der Waals surface area contributed by atoms with Crippen molar-refractivity contribution in [3.63, 3.8) is 0 Å². The highest BCUT2D eigenvalue weighted by Crippen LogP contribution is 2.45. The van der Waals surface area contributed by atoms with Gasteiger partial charge in [-0.25, -0.2) is 9.97 Å². The molecular formula is C34H34F3N7O2. The minimum atomic E-state index is -4.61. The quantitative estimate of drug-likeness (QED) is 0.259. The highest BCUT2D eigenvalue weighted by Gasteiger charge is 2.42. The maximum atomic E-state index is 14.4. The molecule has 3 heterocycles. The first-order valence-electron chi connectivity index (χ1n) is 15.1. The molecule has 2 aromatic carbocycles. The second kappa shape index (κ2) is 12.6. The molecule has 12 heteroatoms. The molecule has 2 aromatic heterocycles. The molecule has 2 unspecified atom stereocenters. The minimum absolute atomic E-state index is 0.0579. The summed E-state index contributed by atoms with van der Waals surface area (Å²) in [6.45, 7) is 3.23. The summed E-state index contributed by atoms with van der Waals surface area (Å²) >= 11 is 0. The number of nitrogens with one attached hydrogen (secondary N) is 2. The molecule has 2 N–H and O–H groups in total. The summed E-state index contributed by atoms with van der Waals surface area (Å²) in [6.07, 6.45) is 2.10. The number of halogens is 3. The number of likely N-dealkylation sites (tertiary alicyclic amines) is 1. The normalized spacial score (nSPS) is 18.1. The van der Waals surface area contributed by atoms with Crippen molar-refractivity contribution in [1.82, 2.24) is 24.8 Å². The van der Waals surface area contributed by atoms with E-state index in [9.17, 15) is 22.8 Å². The lowest BCUT2D eigenvalue weighted by molar-refractivity contribution is -0.138. The van der Waals surface area contributed by atoms with Crippen LogP contribution in [0, 0.1) is 6.92 Å². The number of aromatic nitrogens is 3. The van der Waals surface area contributed by atoms with Gasteiger partial charge in [-0.3, -0.25) is 19.5 Å². The Balaban J connectivity index is 1.21. The number of fused-ring (bicyclic) bond motifs is 1. The van der Waals surface area contributed by atoms with E-state index in [1.165, 1.54) is 6.20 Å². The van der Waals surface area contributed by atoms with Gasteiger partial charge in [0, 0.05) is 66.3 Å². The van der Waals surface area contributed by atoms with Crippen molar-refractivity contribution in [2.45, 2.75) is 44.4 Å². The van der Waals surface area contributed by atoms with E-state index in [2.05, 4.69) is 35.4 Å². The summed E-state index contributed by atoms with van der Waals surface area (Å²) in [6, 6.07) is 12.7. The molecule has 9 nitrogen and oxygen atoms in total. The SMILES string of the molecule is Cc1ccc(NC(=O)c2cc3c(c(C(F)(F)F)c2)C(N2CCC(N(C)C)C2)CC3)cc1NC(=O)c1nccc(-c2cccnc2)n1. The number of alkyl halides is 3. The molecule has 0 radical (unpaired) electrons. The van der Waals surface area contributed by atoms with Gasteiger partial charge in [-0.2, -0.15) is 13.2 Å². The summed E-state index contributed by atoms with van der Waals surface area (Å²) in [5.74, 6) is -1.29. The fourth-order valence-corrected chi connectivity index (χ4v) is 6.31. The molecule has 6 rings (SSSR count). The maximum absolute atomic E-state index is 14.4. The van der Waals surface area contributed by atoms with Crippen LogP contribution in [0.25, 0.3) is 11.3 Å². The average Bonchev–Trinajstić information content (AvgIpc) is 3.70. The summed E-state index contributed by atoms with van der Waals surface area (Å²) in [5, 5.41) is 5.49. The third kappa shape index (κ3) is 6.49. The summed E-state index contributed by atoms with van der Waals surface area (Å²) in [7, 11) is 3.98. The van der Waals surface area contributed by atoms with E-state index in [1.807, 2.05) is 20.2 Å². The molecule has 1 saturated heterocycles. The molecule has 2 amide bonds. The van der Waals surface area contributed by atoms with Crippen LogP contribution in [0.4, 0.5) is 24.5 Å². The van der Waals surface area contributed by atoms with Gasteiger partial charge in [0.25, 0.3) is 11.8 Å². The van der Waals surface area contributed by atoms with Gasteiger partial charge in [-0.05, 0) is 99.4 Å². The lowest BCUT2D eigenvalue weighted by Crippen LogP contribution is -2.33. The number of nitrogens with zero attached hydrogens (tertiary/aromatic N) is 5. The predicted octanol–water partition coefficient (Wildman–Crippen LogP) is 5.99. The van der Waals surface area contributed by atoms with Gasteiger partial charge >= 0.3 is 6.18 Å². The van der Waals surface area contributed by atoms with Crippen LogP contribution in [-0.2, 0) is 12.6 Å². The van der Waals surface area contributed by atoms with E-state index in [-0.39, 0.29) is 17.4 Å². The van der Waals surface area contributed by atoms with Crippen LogP contribution in [0.15, 0.2) is 67.1 Å². The average molecular weight is 630 g/mol. The number of pyridine rings is 1. The number of hydrogen-bond donors (Lipinski definition) is 2. The fourth-order valence-electron chi connectivity index (χ4n) is 6.31. The first kappa shape index (κ1) is 31.3. The Hall–Kier alpha value is -4.68. The zero-order valence-corrected chi connectivity index (χ0v) is 25.7. The van der Waals surface area contributed by atoms with Gasteiger partial charge in [0.15, 0.2) is 0 Å². The van der Waals surface area contributed by atoms with Crippen LogP contribution < -0.4 is 10.6 Å². The maximum Gasteiger partial charge on any atom is 0.416 e. The van der Waals surface area contributed by atoms with Crippen molar-refractivity contribution in [1.29, 1.82) is 0 Å². The second-order valence-electron chi connectivity index (χ2n) is 12.0. The first-order chi connectivity index (χ1) is 22.0. The van der Waals surface area contributed by atoms with E-state index >= 15 is 0 Å². The lowest BCUT2D eigenvalue weighted by Gasteiger charge is -2.28. The standard InChI is InChI=1S/C34H34F3N7O2/c1-20-6-8-24(17-28(20)42-33(46)31-39-13-10-27(41-31)22-5-4-12-38-18-22)40-32(45)23-15-21-7-9-29(30(21)26(16-23)34(35,36)37)44-14-11-25(19-44)43(2)3/h4-6,8,10,12-13,15-18,25,29H,7,9,11,14,19H2,1-3H3,(H,40,45)(H,42,46). The Bertz CT molecular complexity index is 1780. The number of amides is 2. The molecule has 1 aliphatic carbocycles. The zero-order valence-electron chi connectivity index (χ0n) is 25.7. The van der Waals surface area contributed by atoms with Crippen LogP contribution in [-0.4, -0.2) is 69.8 Å². The summed E-state index contributed by atoms with van der Waals surface area (Å²) in [4.78, 5) is 43.2. The topological polar surface area (TPSA) is 103 Å². The van der Waals surface area contributed by atoms with Crippen molar-refractivity contribution < 1.29 is 22.8 Å². The molecule has 238 valence electrons. The molecule has 0 saturated carbocycles. The lowest BCUT2D eigenvalue weighted by atomic mass is 9.96. The molecule has 0 bridgehead atoms. The number of carbonyl (C=O) groups is 2. The smallest absolute Gasteiger partial charge is 0.322 e. The van der Waals surface area contributed by atoms with E-state index in [0.717, 1.165) is 24.6 Å². The van der Waals surface area contributed by atoms with Crippen LogP contribution in [0.2, 0.25) is 0 Å². The highest BCUT2D eigenvalue weighted by atomic mass is 19.4. The molecule has 2 atom stereocenters. The van der Waals surface area contributed by atoms with Gasteiger partial charge in [-0.1, -0.05) is 6.07 Å². The molecule has 0 spiro atoms. The number of hydrogen-bond acceptors (Lipinski definition) is 7. The molecule has 2 aliphatic rings. The van der Waals surface area contributed by atoms with E-state index in [1.54, 1.807) is 55.7 Å². The molecule has 46 heavy (non-hydrogen) atoms. The Labute approximate surface area is 264 Å².